The van der Waals surface area contributed by atoms with Crippen LogP contribution in [0.25, 0.3) is 0 Å². The molecule has 1 aliphatic heterocycles. The van der Waals surface area contributed by atoms with Crippen molar-refractivity contribution in [1.29, 1.82) is 0 Å². The molecule has 0 aliphatic carbocycles. The Labute approximate surface area is 106 Å². The fourth-order valence-electron chi connectivity index (χ4n) is 1.76. The summed E-state index contributed by atoms with van der Waals surface area (Å²) in [5, 5.41) is 5.47. The van der Waals surface area contributed by atoms with E-state index in [1.165, 1.54) is 6.92 Å². The zero-order valence-electron chi connectivity index (χ0n) is 10.2. The van der Waals surface area contributed by atoms with Crippen molar-refractivity contribution >= 4 is 17.5 Å². The highest BCUT2D eigenvalue weighted by Gasteiger charge is 2.16. The third kappa shape index (κ3) is 3.11. The van der Waals surface area contributed by atoms with E-state index in [9.17, 15) is 9.59 Å². The van der Waals surface area contributed by atoms with Crippen molar-refractivity contribution in [3.05, 3.63) is 29.3 Å². The van der Waals surface area contributed by atoms with Crippen LogP contribution in [-0.4, -0.2) is 18.4 Å². The minimum absolute atomic E-state index is 0.0285. The zero-order valence-corrected chi connectivity index (χ0v) is 10.2. The molecule has 0 aromatic heterocycles. The van der Waals surface area contributed by atoms with Crippen molar-refractivity contribution in [2.75, 3.05) is 11.9 Å². The highest BCUT2D eigenvalue weighted by atomic mass is 16.2. The molecule has 18 heavy (non-hydrogen) atoms. The maximum atomic E-state index is 11.2. The SMILES string of the molecule is CC(=O)NCCC#Cc1ccc2c(c1)NC(=O)C2. The zero-order chi connectivity index (χ0) is 13.0. The van der Waals surface area contributed by atoms with Gasteiger partial charge in [-0.1, -0.05) is 17.9 Å². The van der Waals surface area contributed by atoms with E-state index in [-0.39, 0.29) is 11.8 Å². The molecule has 2 N–H and O–H groups in total. The largest absolute Gasteiger partial charge is 0.355 e. The van der Waals surface area contributed by atoms with Gasteiger partial charge < -0.3 is 10.6 Å². The van der Waals surface area contributed by atoms with E-state index in [2.05, 4.69) is 22.5 Å². The quantitative estimate of drug-likeness (QED) is 0.602. The van der Waals surface area contributed by atoms with Gasteiger partial charge in [0.25, 0.3) is 0 Å². The van der Waals surface area contributed by atoms with Gasteiger partial charge in [0.15, 0.2) is 0 Å². The van der Waals surface area contributed by atoms with Crippen LogP contribution in [0.1, 0.15) is 24.5 Å². The number of hydrogen-bond acceptors (Lipinski definition) is 2. The molecular formula is C14H14N2O2. The summed E-state index contributed by atoms with van der Waals surface area (Å²) >= 11 is 0. The summed E-state index contributed by atoms with van der Waals surface area (Å²) in [6, 6.07) is 5.71. The second-order valence-corrected chi connectivity index (χ2v) is 4.13. The van der Waals surface area contributed by atoms with Gasteiger partial charge in [0.05, 0.1) is 6.42 Å². The molecule has 4 heteroatoms. The number of benzene rings is 1. The van der Waals surface area contributed by atoms with Gasteiger partial charge in [0.2, 0.25) is 11.8 Å². The highest BCUT2D eigenvalue weighted by molar-refractivity contribution is 5.99. The van der Waals surface area contributed by atoms with E-state index in [1.54, 1.807) is 0 Å². The maximum Gasteiger partial charge on any atom is 0.228 e. The van der Waals surface area contributed by atoms with Crippen LogP contribution in [0.3, 0.4) is 0 Å². The van der Waals surface area contributed by atoms with Crippen LogP contribution in [0.15, 0.2) is 18.2 Å². The number of fused-ring (bicyclic) bond motifs is 1. The summed E-state index contributed by atoms with van der Waals surface area (Å²) in [6.07, 6.45) is 1.06. The molecule has 0 spiro atoms. The Morgan fingerprint density at radius 3 is 3.11 bits per heavy atom. The molecule has 0 fully saturated rings. The first-order chi connectivity index (χ1) is 8.65. The number of anilines is 1. The van der Waals surface area contributed by atoms with E-state index in [0.717, 1.165) is 16.8 Å². The summed E-state index contributed by atoms with van der Waals surface area (Å²) in [5.41, 5.74) is 2.75. The van der Waals surface area contributed by atoms with Crippen LogP contribution in [0.5, 0.6) is 0 Å². The van der Waals surface area contributed by atoms with Crippen LogP contribution in [-0.2, 0) is 16.0 Å². The first kappa shape index (κ1) is 12.2. The van der Waals surface area contributed by atoms with Crippen LogP contribution < -0.4 is 10.6 Å². The third-order valence-corrected chi connectivity index (χ3v) is 2.59. The molecule has 4 nitrogen and oxygen atoms in total. The molecule has 0 bridgehead atoms. The van der Waals surface area contributed by atoms with Gasteiger partial charge in [-0.3, -0.25) is 9.59 Å². The number of carbonyl (C=O) groups is 2. The Kier molecular flexibility index (Phi) is 3.63. The maximum absolute atomic E-state index is 11.2. The van der Waals surface area contributed by atoms with Crippen molar-refractivity contribution in [2.24, 2.45) is 0 Å². The first-order valence-corrected chi connectivity index (χ1v) is 5.81. The molecular weight excluding hydrogens is 228 g/mol. The molecule has 1 aromatic carbocycles. The van der Waals surface area contributed by atoms with E-state index >= 15 is 0 Å². The number of carbonyl (C=O) groups excluding carboxylic acids is 2. The fraction of sp³-hybridized carbons (Fsp3) is 0.286. The van der Waals surface area contributed by atoms with E-state index in [4.69, 9.17) is 0 Å². The molecule has 1 aromatic rings. The lowest BCUT2D eigenvalue weighted by molar-refractivity contribution is -0.119. The average Bonchev–Trinajstić information content (AvgIpc) is 2.67. The van der Waals surface area contributed by atoms with E-state index in [1.807, 2.05) is 18.2 Å². The summed E-state index contributed by atoms with van der Waals surface area (Å²) in [7, 11) is 0. The lowest BCUT2D eigenvalue weighted by Gasteiger charge is -1.98. The number of rotatable bonds is 2. The van der Waals surface area contributed by atoms with Gasteiger partial charge >= 0.3 is 0 Å². The Balaban J connectivity index is 1.95. The van der Waals surface area contributed by atoms with Gasteiger partial charge in [-0.05, 0) is 17.7 Å². The first-order valence-electron chi connectivity index (χ1n) is 5.81. The Morgan fingerprint density at radius 2 is 2.33 bits per heavy atom. The molecule has 2 amide bonds. The van der Waals surface area contributed by atoms with Crippen LogP contribution in [0, 0.1) is 11.8 Å². The third-order valence-electron chi connectivity index (χ3n) is 2.59. The Hall–Kier alpha value is -2.28. The molecule has 0 unspecified atom stereocenters. The van der Waals surface area contributed by atoms with Crippen LogP contribution >= 0.6 is 0 Å². The monoisotopic (exact) mass is 242 g/mol. The average molecular weight is 242 g/mol. The second-order valence-electron chi connectivity index (χ2n) is 4.13. The van der Waals surface area contributed by atoms with Crippen molar-refractivity contribution in [1.82, 2.24) is 5.32 Å². The smallest absolute Gasteiger partial charge is 0.228 e. The fourth-order valence-corrected chi connectivity index (χ4v) is 1.76. The lowest BCUT2D eigenvalue weighted by Crippen LogP contribution is -2.20. The molecule has 0 atom stereocenters. The molecule has 1 heterocycles. The Bertz CT molecular complexity index is 553. The summed E-state index contributed by atoms with van der Waals surface area (Å²) in [4.78, 5) is 21.8. The minimum atomic E-state index is -0.0444. The number of hydrogen-bond donors (Lipinski definition) is 2. The van der Waals surface area contributed by atoms with E-state index in [0.29, 0.717) is 19.4 Å². The Morgan fingerprint density at radius 1 is 1.50 bits per heavy atom. The molecule has 0 saturated heterocycles. The van der Waals surface area contributed by atoms with Crippen LogP contribution in [0.2, 0.25) is 0 Å². The van der Waals surface area contributed by atoms with Gasteiger partial charge in [-0.25, -0.2) is 0 Å². The summed E-state index contributed by atoms with van der Waals surface area (Å²) < 4.78 is 0. The van der Waals surface area contributed by atoms with Crippen molar-refractivity contribution < 1.29 is 9.59 Å². The molecule has 92 valence electrons. The predicted octanol–water partition coefficient (Wildman–Crippen LogP) is 1.06. The second kappa shape index (κ2) is 5.37. The molecule has 1 aliphatic rings. The van der Waals surface area contributed by atoms with Crippen molar-refractivity contribution in [3.63, 3.8) is 0 Å². The van der Waals surface area contributed by atoms with Gasteiger partial charge in [0, 0.05) is 31.1 Å². The van der Waals surface area contributed by atoms with Gasteiger partial charge in [-0.15, -0.1) is 0 Å². The van der Waals surface area contributed by atoms with Crippen LogP contribution in [0.4, 0.5) is 5.69 Å². The molecule has 0 radical (unpaired) electrons. The summed E-state index contributed by atoms with van der Waals surface area (Å²) in [6.45, 7) is 2.04. The van der Waals surface area contributed by atoms with Crippen molar-refractivity contribution in [2.45, 2.75) is 19.8 Å². The number of amides is 2. The normalized spacial score (nSPS) is 12.2. The van der Waals surface area contributed by atoms with Gasteiger partial charge in [-0.2, -0.15) is 0 Å². The standard InChI is InChI=1S/C14H14N2O2/c1-10(17)15-7-3-2-4-11-5-6-12-9-14(18)16-13(12)8-11/h5-6,8H,3,7,9H2,1H3,(H,15,17)(H,16,18). The predicted molar refractivity (Wildman–Crippen MR) is 69.0 cm³/mol. The lowest BCUT2D eigenvalue weighted by atomic mass is 10.1. The minimum Gasteiger partial charge on any atom is -0.355 e. The molecule has 2 rings (SSSR count). The number of nitrogens with one attached hydrogen (secondary N) is 2. The van der Waals surface area contributed by atoms with Gasteiger partial charge in [0.1, 0.15) is 0 Å². The summed E-state index contributed by atoms with van der Waals surface area (Å²) in [5.74, 6) is 5.98. The van der Waals surface area contributed by atoms with Crippen molar-refractivity contribution in [3.8, 4) is 11.8 Å². The molecule has 0 saturated carbocycles. The van der Waals surface area contributed by atoms with E-state index < -0.39 is 0 Å². The highest BCUT2D eigenvalue weighted by Crippen LogP contribution is 2.23. The topological polar surface area (TPSA) is 58.2 Å².